The number of ether oxygens (including phenoxy) is 1. The molecule has 0 aliphatic heterocycles. The smallest absolute Gasteiger partial charge is 0.341 e. The summed E-state index contributed by atoms with van der Waals surface area (Å²) in [6.07, 6.45) is 1.05. The highest BCUT2D eigenvalue weighted by molar-refractivity contribution is 5.68. The van der Waals surface area contributed by atoms with Gasteiger partial charge in [0.1, 0.15) is 5.75 Å². The summed E-state index contributed by atoms with van der Waals surface area (Å²) >= 11 is 0. The molecule has 4 nitrogen and oxygen atoms in total. The minimum absolute atomic E-state index is 0.305. The Labute approximate surface area is 102 Å². The fourth-order valence-corrected chi connectivity index (χ4v) is 1.36. The lowest BCUT2D eigenvalue weighted by Gasteiger charge is -2.14. The molecule has 2 N–H and O–H groups in total. The van der Waals surface area contributed by atoms with Crippen LogP contribution in [0.4, 0.5) is 0 Å². The topological polar surface area (TPSA) is 58.6 Å². The quantitative estimate of drug-likeness (QED) is 0.762. The zero-order chi connectivity index (χ0) is 12.7. The average molecular weight is 237 g/mol. The molecule has 0 aromatic heterocycles. The molecule has 0 saturated carbocycles. The molecule has 0 amide bonds. The monoisotopic (exact) mass is 237 g/mol. The van der Waals surface area contributed by atoms with Crippen molar-refractivity contribution in [3.8, 4) is 5.75 Å². The lowest BCUT2D eigenvalue weighted by molar-refractivity contribution is -0.139. The van der Waals surface area contributed by atoms with E-state index in [4.69, 9.17) is 9.84 Å². The molecule has 0 bridgehead atoms. The molecule has 1 aromatic rings. The number of carboxylic acids is 1. The zero-order valence-corrected chi connectivity index (χ0v) is 10.3. The maximum Gasteiger partial charge on any atom is 0.341 e. The molecule has 0 fully saturated rings. The number of benzene rings is 1. The highest BCUT2D eigenvalue weighted by atomic mass is 16.5. The van der Waals surface area contributed by atoms with Gasteiger partial charge in [-0.3, -0.25) is 0 Å². The summed E-state index contributed by atoms with van der Waals surface area (Å²) in [6.45, 7) is 4.61. The Hall–Kier alpha value is -1.55. The largest absolute Gasteiger partial charge is 0.482 e. The number of aliphatic carboxylic acids is 1. The Morgan fingerprint density at radius 2 is 2.18 bits per heavy atom. The van der Waals surface area contributed by atoms with Crippen molar-refractivity contribution < 1.29 is 14.6 Å². The van der Waals surface area contributed by atoms with Crippen molar-refractivity contribution >= 4 is 5.97 Å². The fraction of sp³-hybridized carbons (Fsp3) is 0.462. The summed E-state index contributed by atoms with van der Waals surface area (Å²) in [4.78, 5) is 10.5. The van der Waals surface area contributed by atoms with Crippen LogP contribution in [-0.2, 0) is 11.3 Å². The van der Waals surface area contributed by atoms with Crippen LogP contribution >= 0.6 is 0 Å². The third-order valence-electron chi connectivity index (χ3n) is 2.58. The Balaban J connectivity index is 2.60. The Bertz CT molecular complexity index is 365. The molecule has 0 saturated heterocycles. The van der Waals surface area contributed by atoms with Crippen LogP contribution in [0.15, 0.2) is 24.3 Å². The van der Waals surface area contributed by atoms with E-state index >= 15 is 0 Å². The Morgan fingerprint density at radius 3 is 2.82 bits per heavy atom. The maximum absolute atomic E-state index is 10.5. The van der Waals surface area contributed by atoms with Crippen LogP contribution in [0.5, 0.6) is 5.75 Å². The van der Waals surface area contributed by atoms with E-state index in [1.54, 1.807) is 6.07 Å². The first kappa shape index (κ1) is 13.5. The van der Waals surface area contributed by atoms with Gasteiger partial charge in [-0.1, -0.05) is 25.1 Å². The van der Waals surface area contributed by atoms with E-state index in [2.05, 4.69) is 19.2 Å². The van der Waals surface area contributed by atoms with Crippen LogP contribution in [0.2, 0.25) is 0 Å². The summed E-state index contributed by atoms with van der Waals surface area (Å²) in [7, 11) is 0. The lowest BCUT2D eigenvalue weighted by atomic mass is 10.2. The normalized spacial score (nSPS) is 12.1. The molecule has 1 atom stereocenters. The second-order valence-electron chi connectivity index (χ2n) is 3.98. The molecule has 0 aliphatic carbocycles. The van der Waals surface area contributed by atoms with Crippen LogP contribution in [0.1, 0.15) is 25.8 Å². The van der Waals surface area contributed by atoms with Crippen molar-refractivity contribution in [2.24, 2.45) is 0 Å². The molecule has 0 radical (unpaired) electrons. The molecule has 4 heteroatoms. The number of hydrogen-bond donors (Lipinski definition) is 2. The van der Waals surface area contributed by atoms with Crippen LogP contribution < -0.4 is 10.1 Å². The van der Waals surface area contributed by atoms with Crippen molar-refractivity contribution in [3.05, 3.63) is 29.8 Å². The molecular weight excluding hydrogens is 218 g/mol. The highest BCUT2D eigenvalue weighted by Crippen LogP contribution is 2.17. The van der Waals surface area contributed by atoms with Gasteiger partial charge >= 0.3 is 5.97 Å². The number of para-hydroxylation sites is 1. The van der Waals surface area contributed by atoms with Crippen molar-refractivity contribution in [1.29, 1.82) is 0 Å². The van der Waals surface area contributed by atoms with Gasteiger partial charge in [0.2, 0.25) is 0 Å². The second kappa shape index (κ2) is 6.91. The number of carboxylic acid groups (broad SMARTS) is 1. The third kappa shape index (κ3) is 4.87. The van der Waals surface area contributed by atoms with Crippen molar-refractivity contribution in [1.82, 2.24) is 5.32 Å². The first-order valence-corrected chi connectivity index (χ1v) is 5.79. The van der Waals surface area contributed by atoms with Gasteiger partial charge in [0, 0.05) is 18.2 Å². The molecule has 94 valence electrons. The van der Waals surface area contributed by atoms with Crippen LogP contribution in [0.3, 0.4) is 0 Å². The number of carbonyl (C=O) groups is 1. The van der Waals surface area contributed by atoms with E-state index in [1.807, 2.05) is 18.2 Å². The predicted molar refractivity (Wildman–Crippen MR) is 66.2 cm³/mol. The second-order valence-corrected chi connectivity index (χ2v) is 3.98. The number of hydrogen-bond acceptors (Lipinski definition) is 3. The number of rotatable bonds is 7. The van der Waals surface area contributed by atoms with Crippen LogP contribution in [0, 0.1) is 0 Å². The van der Waals surface area contributed by atoms with Gasteiger partial charge in [0.05, 0.1) is 0 Å². The summed E-state index contributed by atoms with van der Waals surface area (Å²) in [5.74, 6) is -0.333. The fourth-order valence-electron chi connectivity index (χ4n) is 1.36. The molecule has 1 unspecified atom stereocenters. The summed E-state index contributed by atoms with van der Waals surface area (Å²) in [6, 6.07) is 7.91. The van der Waals surface area contributed by atoms with Crippen molar-refractivity contribution in [3.63, 3.8) is 0 Å². The van der Waals surface area contributed by atoms with Crippen LogP contribution in [0.25, 0.3) is 0 Å². The Kier molecular flexibility index (Phi) is 5.49. The standard InChI is InChI=1S/C13H19NO3/c1-3-10(2)14-8-11-6-4-5-7-12(11)17-9-13(15)16/h4-7,10,14H,3,8-9H2,1-2H3,(H,15,16). The third-order valence-corrected chi connectivity index (χ3v) is 2.58. The molecule has 0 aliphatic rings. The minimum Gasteiger partial charge on any atom is -0.482 e. The number of nitrogens with one attached hydrogen (secondary N) is 1. The SMILES string of the molecule is CCC(C)NCc1ccccc1OCC(=O)O. The molecule has 17 heavy (non-hydrogen) atoms. The molecule has 1 aromatic carbocycles. The molecule has 0 spiro atoms. The first-order chi connectivity index (χ1) is 8.13. The van der Waals surface area contributed by atoms with Gasteiger partial charge < -0.3 is 15.2 Å². The van der Waals surface area contributed by atoms with Crippen molar-refractivity contribution in [2.45, 2.75) is 32.9 Å². The van der Waals surface area contributed by atoms with E-state index in [-0.39, 0.29) is 6.61 Å². The molecular formula is C13H19NO3. The lowest BCUT2D eigenvalue weighted by Crippen LogP contribution is -2.24. The maximum atomic E-state index is 10.5. The minimum atomic E-state index is -0.963. The van der Waals surface area contributed by atoms with Gasteiger partial charge in [-0.25, -0.2) is 4.79 Å². The zero-order valence-electron chi connectivity index (χ0n) is 10.3. The predicted octanol–water partition coefficient (Wildman–Crippen LogP) is 2.04. The molecule has 0 heterocycles. The summed E-state index contributed by atoms with van der Waals surface area (Å²) in [5.41, 5.74) is 0.981. The van der Waals surface area contributed by atoms with Gasteiger partial charge in [0.25, 0.3) is 0 Å². The van der Waals surface area contributed by atoms with E-state index in [9.17, 15) is 4.79 Å². The highest BCUT2D eigenvalue weighted by Gasteiger charge is 2.06. The average Bonchev–Trinajstić information content (AvgIpc) is 2.34. The van der Waals surface area contributed by atoms with Gasteiger partial charge in [-0.2, -0.15) is 0 Å². The van der Waals surface area contributed by atoms with E-state index in [1.165, 1.54) is 0 Å². The van der Waals surface area contributed by atoms with Gasteiger partial charge in [-0.05, 0) is 19.4 Å². The van der Waals surface area contributed by atoms with E-state index in [0.717, 1.165) is 12.0 Å². The van der Waals surface area contributed by atoms with E-state index < -0.39 is 5.97 Å². The van der Waals surface area contributed by atoms with Crippen LogP contribution in [-0.4, -0.2) is 23.7 Å². The van der Waals surface area contributed by atoms with Gasteiger partial charge in [-0.15, -0.1) is 0 Å². The Morgan fingerprint density at radius 1 is 1.47 bits per heavy atom. The van der Waals surface area contributed by atoms with Crippen molar-refractivity contribution in [2.75, 3.05) is 6.61 Å². The summed E-state index contributed by atoms with van der Waals surface area (Å²) in [5, 5.41) is 11.9. The van der Waals surface area contributed by atoms with E-state index in [0.29, 0.717) is 18.3 Å². The summed E-state index contributed by atoms with van der Waals surface area (Å²) < 4.78 is 5.22. The molecule has 1 rings (SSSR count). The van der Waals surface area contributed by atoms with Gasteiger partial charge in [0.15, 0.2) is 6.61 Å². The first-order valence-electron chi connectivity index (χ1n) is 5.79.